The molecular weight excluding hydrogens is 432 g/mol. The standard InChI is InChI=1S/C19H14Cl2FN7O/c1-10-14(9-25-17(27-10)13-3-2-11(22)6-15(13)20)19(30)28-12-7-16(21)18(24-8-12)29-26-5-4-23/h2-9,23H,1H3,(H,24,29)(H,28,30)/b23-4?,26-5-. The number of halogens is 3. The molecule has 152 valence electrons. The Morgan fingerprint density at radius 2 is 2.00 bits per heavy atom. The molecule has 30 heavy (non-hydrogen) atoms. The number of carbonyl (C=O) groups excluding carboxylic acids is 1. The maximum absolute atomic E-state index is 13.2. The maximum atomic E-state index is 13.2. The summed E-state index contributed by atoms with van der Waals surface area (Å²) in [6, 6.07) is 5.40. The molecule has 0 bridgehead atoms. The van der Waals surface area contributed by atoms with Crippen LogP contribution in [0.1, 0.15) is 16.1 Å². The second-order valence-corrected chi connectivity index (χ2v) is 6.70. The molecule has 1 amide bonds. The molecule has 11 heteroatoms. The third-order valence-electron chi connectivity index (χ3n) is 3.81. The predicted octanol–water partition coefficient (Wildman–Crippen LogP) is 4.59. The fraction of sp³-hybridized carbons (Fsp3) is 0.0526. The number of anilines is 2. The Labute approximate surface area is 180 Å². The van der Waals surface area contributed by atoms with Gasteiger partial charge in [-0.25, -0.2) is 19.3 Å². The maximum Gasteiger partial charge on any atom is 0.259 e. The number of rotatable bonds is 6. The van der Waals surface area contributed by atoms with Crippen molar-refractivity contribution in [2.75, 3.05) is 10.7 Å². The van der Waals surface area contributed by atoms with Crippen LogP contribution < -0.4 is 10.7 Å². The Balaban J connectivity index is 1.78. The Kier molecular flexibility index (Phi) is 6.65. The van der Waals surface area contributed by atoms with Gasteiger partial charge in [-0.3, -0.25) is 10.2 Å². The molecule has 0 saturated carbocycles. The van der Waals surface area contributed by atoms with Gasteiger partial charge in [0.15, 0.2) is 11.6 Å². The first-order valence-electron chi connectivity index (χ1n) is 8.43. The Bertz CT molecular complexity index is 1150. The number of nitrogens with zero attached hydrogens (tertiary/aromatic N) is 4. The van der Waals surface area contributed by atoms with Gasteiger partial charge in [0.1, 0.15) is 5.82 Å². The van der Waals surface area contributed by atoms with E-state index in [0.29, 0.717) is 16.9 Å². The molecule has 0 atom stereocenters. The van der Waals surface area contributed by atoms with Gasteiger partial charge >= 0.3 is 0 Å². The first-order chi connectivity index (χ1) is 14.4. The minimum Gasteiger partial charge on any atom is -0.320 e. The van der Waals surface area contributed by atoms with Crippen molar-refractivity contribution in [2.24, 2.45) is 5.10 Å². The second-order valence-electron chi connectivity index (χ2n) is 5.88. The number of nitrogens with one attached hydrogen (secondary N) is 3. The van der Waals surface area contributed by atoms with E-state index < -0.39 is 11.7 Å². The van der Waals surface area contributed by atoms with Crippen LogP contribution in [0.2, 0.25) is 10.0 Å². The summed E-state index contributed by atoms with van der Waals surface area (Å²) in [5.41, 5.74) is 4.04. The Morgan fingerprint density at radius 3 is 2.67 bits per heavy atom. The number of carbonyl (C=O) groups is 1. The van der Waals surface area contributed by atoms with Crippen molar-refractivity contribution >= 4 is 53.0 Å². The number of benzene rings is 1. The van der Waals surface area contributed by atoms with Gasteiger partial charge in [0.05, 0.1) is 39.4 Å². The molecule has 3 rings (SSSR count). The van der Waals surface area contributed by atoms with Crippen molar-refractivity contribution in [1.29, 1.82) is 5.41 Å². The molecule has 0 radical (unpaired) electrons. The number of aromatic nitrogens is 3. The lowest BCUT2D eigenvalue weighted by Crippen LogP contribution is -2.15. The largest absolute Gasteiger partial charge is 0.320 e. The van der Waals surface area contributed by atoms with E-state index in [-0.39, 0.29) is 27.3 Å². The van der Waals surface area contributed by atoms with Gasteiger partial charge in [0, 0.05) is 18.0 Å². The monoisotopic (exact) mass is 445 g/mol. The molecule has 2 heterocycles. The van der Waals surface area contributed by atoms with Gasteiger partial charge in [-0.2, -0.15) is 5.10 Å². The number of amides is 1. The highest BCUT2D eigenvalue weighted by Crippen LogP contribution is 2.27. The van der Waals surface area contributed by atoms with Crippen molar-refractivity contribution in [1.82, 2.24) is 15.0 Å². The lowest BCUT2D eigenvalue weighted by molar-refractivity contribution is 0.102. The van der Waals surface area contributed by atoms with Crippen LogP contribution in [0.3, 0.4) is 0 Å². The third kappa shape index (κ3) is 4.94. The molecule has 8 nitrogen and oxygen atoms in total. The molecule has 0 saturated heterocycles. The van der Waals surface area contributed by atoms with Crippen LogP contribution in [0.5, 0.6) is 0 Å². The van der Waals surface area contributed by atoms with Crippen LogP contribution >= 0.6 is 23.2 Å². The molecule has 0 aliphatic carbocycles. The van der Waals surface area contributed by atoms with E-state index in [9.17, 15) is 9.18 Å². The van der Waals surface area contributed by atoms with E-state index in [2.05, 4.69) is 30.8 Å². The second kappa shape index (κ2) is 9.38. The average molecular weight is 446 g/mol. The summed E-state index contributed by atoms with van der Waals surface area (Å²) >= 11 is 12.2. The number of hydrogen-bond acceptors (Lipinski definition) is 7. The van der Waals surface area contributed by atoms with Gasteiger partial charge in [0.2, 0.25) is 0 Å². The highest BCUT2D eigenvalue weighted by atomic mass is 35.5. The Morgan fingerprint density at radius 1 is 1.20 bits per heavy atom. The van der Waals surface area contributed by atoms with Gasteiger partial charge in [-0.1, -0.05) is 23.2 Å². The molecule has 2 aromatic heterocycles. The summed E-state index contributed by atoms with van der Waals surface area (Å²) < 4.78 is 13.2. The smallest absolute Gasteiger partial charge is 0.259 e. The summed E-state index contributed by atoms with van der Waals surface area (Å²) in [4.78, 5) is 25.1. The van der Waals surface area contributed by atoms with Crippen LogP contribution in [0.15, 0.2) is 41.8 Å². The van der Waals surface area contributed by atoms with Gasteiger partial charge < -0.3 is 10.7 Å². The van der Waals surface area contributed by atoms with E-state index in [0.717, 1.165) is 6.21 Å². The lowest BCUT2D eigenvalue weighted by Gasteiger charge is -2.10. The number of hydrogen-bond donors (Lipinski definition) is 3. The zero-order valence-corrected chi connectivity index (χ0v) is 17.0. The molecule has 3 aromatic rings. The number of aryl methyl sites for hydroxylation is 1. The third-order valence-corrected chi connectivity index (χ3v) is 4.42. The van der Waals surface area contributed by atoms with Gasteiger partial charge in [-0.05, 0) is 31.2 Å². The molecule has 1 aromatic carbocycles. The van der Waals surface area contributed by atoms with Crippen LogP contribution in [0.25, 0.3) is 11.4 Å². The van der Waals surface area contributed by atoms with Crippen LogP contribution in [0.4, 0.5) is 15.9 Å². The lowest BCUT2D eigenvalue weighted by atomic mass is 10.1. The van der Waals surface area contributed by atoms with E-state index in [1.807, 2.05) is 0 Å². The van der Waals surface area contributed by atoms with Crippen molar-refractivity contribution < 1.29 is 9.18 Å². The zero-order valence-electron chi connectivity index (χ0n) is 15.4. The molecule has 3 N–H and O–H groups in total. The fourth-order valence-electron chi connectivity index (χ4n) is 2.41. The molecule has 0 fully saturated rings. The van der Waals surface area contributed by atoms with Crippen molar-refractivity contribution in [3.8, 4) is 11.4 Å². The normalized spacial score (nSPS) is 10.8. The molecule has 0 aliphatic heterocycles. The van der Waals surface area contributed by atoms with Crippen molar-refractivity contribution in [3.05, 3.63) is 63.8 Å². The van der Waals surface area contributed by atoms with Crippen LogP contribution in [-0.4, -0.2) is 33.3 Å². The summed E-state index contributed by atoms with van der Waals surface area (Å²) in [6.45, 7) is 1.65. The predicted molar refractivity (Wildman–Crippen MR) is 115 cm³/mol. The van der Waals surface area contributed by atoms with Crippen molar-refractivity contribution in [2.45, 2.75) is 6.92 Å². The van der Waals surface area contributed by atoms with Crippen molar-refractivity contribution in [3.63, 3.8) is 0 Å². The van der Waals surface area contributed by atoms with E-state index in [1.54, 1.807) is 6.92 Å². The summed E-state index contributed by atoms with van der Waals surface area (Å²) in [7, 11) is 0. The Hall–Kier alpha value is -3.43. The molecular formula is C19H14Cl2FN7O. The molecule has 0 aliphatic rings. The van der Waals surface area contributed by atoms with Crippen LogP contribution in [0, 0.1) is 18.2 Å². The quantitative estimate of drug-likeness (QED) is 0.378. The first kappa shape index (κ1) is 21.3. The van der Waals surface area contributed by atoms with Gasteiger partial charge in [0.25, 0.3) is 5.91 Å². The highest BCUT2D eigenvalue weighted by molar-refractivity contribution is 6.33. The minimum absolute atomic E-state index is 0.172. The topological polar surface area (TPSA) is 116 Å². The summed E-state index contributed by atoms with van der Waals surface area (Å²) in [5, 5.41) is 13.6. The van der Waals surface area contributed by atoms with E-state index in [1.165, 1.54) is 42.9 Å². The molecule has 0 spiro atoms. The first-order valence-corrected chi connectivity index (χ1v) is 9.18. The molecule has 0 unspecified atom stereocenters. The highest BCUT2D eigenvalue weighted by Gasteiger charge is 2.15. The SMILES string of the molecule is Cc1nc(-c2ccc(F)cc2Cl)ncc1C(=O)Nc1cnc(N/N=C\C=N)c(Cl)c1. The van der Waals surface area contributed by atoms with E-state index in [4.69, 9.17) is 28.6 Å². The fourth-order valence-corrected chi connectivity index (χ4v) is 2.87. The zero-order chi connectivity index (χ0) is 21.7. The average Bonchev–Trinajstić information content (AvgIpc) is 2.69. The van der Waals surface area contributed by atoms with Gasteiger partial charge in [-0.15, -0.1) is 0 Å². The summed E-state index contributed by atoms with van der Waals surface area (Å²) in [5.74, 6) is -0.372. The summed E-state index contributed by atoms with van der Waals surface area (Å²) in [6.07, 6.45) is 4.98. The van der Waals surface area contributed by atoms with E-state index >= 15 is 0 Å². The van der Waals surface area contributed by atoms with Crippen LogP contribution in [-0.2, 0) is 0 Å². The minimum atomic E-state index is -0.466. The number of pyridine rings is 1. The number of hydrazone groups is 1.